The average Bonchev–Trinajstić information content (AvgIpc) is 2.63. The average molecular weight is 367 g/mol. The molecule has 1 unspecified atom stereocenters. The number of methoxy groups -OCH3 is 1. The van der Waals surface area contributed by atoms with Crippen LogP contribution in [-0.4, -0.2) is 43.5 Å². The molecular weight excluding hydrogens is 346 g/mol. The lowest BCUT2D eigenvalue weighted by molar-refractivity contribution is -0.144. The summed E-state index contributed by atoms with van der Waals surface area (Å²) in [6.45, 7) is 1.96. The fourth-order valence-corrected chi connectivity index (χ4v) is 2.37. The fourth-order valence-electron chi connectivity index (χ4n) is 1.64. The first-order valence-electron chi connectivity index (χ1n) is 7.56. The quantitative estimate of drug-likeness (QED) is 0.407. The number of hydrogen-bond donors (Lipinski definition) is 1. The molecule has 0 saturated carbocycles. The molecule has 0 aromatic heterocycles. The standard InChI is InChI=1S/C17H21NO6S/c1-3-23-16(20)14(12-25-10-9-15(19)22-2)18-17(21)24-11-13-7-5-4-6-8-13/h4-10,14H,3,11-12H2,1-2H3,(H,18,21)/b10-9-. The van der Waals surface area contributed by atoms with Gasteiger partial charge in [-0.3, -0.25) is 0 Å². The zero-order valence-corrected chi connectivity index (χ0v) is 14.9. The van der Waals surface area contributed by atoms with Gasteiger partial charge in [-0.2, -0.15) is 0 Å². The third kappa shape index (κ3) is 8.80. The van der Waals surface area contributed by atoms with Gasteiger partial charge < -0.3 is 19.5 Å². The maximum absolute atomic E-state index is 11.9. The molecule has 1 atom stereocenters. The van der Waals surface area contributed by atoms with Crippen molar-refractivity contribution in [1.29, 1.82) is 0 Å². The second-order valence-corrected chi connectivity index (χ2v) is 5.61. The topological polar surface area (TPSA) is 90.9 Å². The van der Waals surface area contributed by atoms with E-state index in [0.29, 0.717) is 0 Å². The lowest BCUT2D eigenvalue weighted by atomic mass is 10.2. The number of thioether (sulfide) groups is 1. The van der Waals surface area contributed by atoms with Gasteiger partial charge in [-0.1, -0.05) is 30.3 Å². The summed E-state index contributed by atoms with van der Waals surface area (Å²) in [5, 5.41) is 3.95. The molecule has 0 aliphatic rings. The van der Waals surface area contributed by atoms with E-state index >= 15 is 0 Å². The Kier molecular flexibility index (Phi) is 9.84. The minimum absolute atomic E-state index is 0.0948. The molecule has 1 N–H and O–H groups in total. The van der Waals surface area contributed by atoms with E-state index in [0.717, 1.165) is 17.3 Å². The monoisotopic (exact) mass is 367 g/mol. The predicted molar refractivity (Wildman–Crippen MR) is 93.8 cm³/mol. The molecule has 1 rings (SSSR count). The van der Waals surface area contributed by atoms with Crippen LogP contribution in [0.1, 0.15) is 12.5 Å². The molecule has 136 valence electrons. The van der Waals surface area contributed by atoms with Crippen LogP contribution in [0.5, 0.6) is 0 Å². The van der Waals surface area contributed by atoms with Crippen LogP contribution in [0, 0.1) is 0 Å². The zero-order valence-electron chi connectivity index (χ0n) is 14.1. The lowest BCUT2D eigenvalue weighted by Crippen LogP contribution is -2.43. The van der Waals surface area contributed by atoms with Gasteiger partial charge in [-0.05, 0) is 17.9 Å². The Morgan fingerprint density at radius 1 is 1.20 bits per heavy atom. The number of esters is 2. The van der Waals surface area contributed by atoms with Crippen LogP contribution in [-0.2, 0) is 30.4 Å². The summed E-state index contributed by atoms with van der Waals surface area (Å²) in [5.74, 6) is -0.888. The Labute approximate surface area is 150 Å². The number of rotatable bonds is 9. The molecule has 1 aromatic rings. The molecule has 1 amide bonds. The van der Waals surface area contributed by atoms with Gasteiger partial charge in [0.15, 0.2) is 0 Å². The molecule has 0 aliphatic heterocycles. The fraction of sp³-hybridized carbons (Fsp3) is 0.353. The van der Waals surface area contributed by atoms with E-state index in [4.69, 9.17) is 9.47 Å². The number of ether oxygens (including phenoxy) is 3. The zero-order chi connectivity index (χ0) is 18.5. The first kappa shape index (κ1) is 20.6. The van der Waals surface area contributed by atoms with Gasteiger partial charge in [0.05, 0.1) is 13.7 Å². The van der Waals surface area contributed by atoms with Crippen molar-refractivity contribution in [2.75, 3.05) is 19.5 Å². The molecule has 8 heteroatoms. The van der Waals surface area contributed by atoms with Crippen LogP contribution in [0.2, 0.25) is 0 Å². The van der Waals surface area contributed by atoms with E-state index in [-0.39, 0.29) is 19.0 Å². The SMILES string of the molecule is CCOC(=O)C(CS/C=C\C(=O)OC)NC(=O)OCc1ccccc1. The van der Waals surface area contributed by atoms with Crippen molar-refractivity contribution in [3.8, 4) is 0 Å². The number of amides is 1. The summed E-state index contributed by atoms with van der Waals surface area (Å²) >= 11 is 1.16. The van der Waals surface area contributed by atoms with Crippen molar-refractivity contribution in [3.05, 3.63) is 47.4 Å². The van der Waals surface area contributed by atoms with Gasteiger partial charge >= 0.3 is 18.0 Å². The summed E-state index contributed by atoms with van der Waals surface area (Å²) in [6.07, 6.45) is 0.500. The summed E-state index contributed by atoms with van der Waals surface area (Å²) in [4.78, 5) is 34.8. The number of hydrogen-bond acceptors (Lipinski definition) is 7. The molecule has 0 radical (unpaired) electrons. The van der Waals surface area contributed by atoms with Crippen LogP contribution >= 0.6 is 11.8 Å². The third-order valence-corrected chi connectivity index (χ3v) is 3.69. The molecule has 0 fully saturated rings. The maximum Gasteiger partial charge on any atom is 0.408 e. The number of benzene rings is 1. The van der Waals surface area contributed by atoms with Crippen molar-refractivity contribution in [3.63, 3.8) is 0 Å². The number of carbonyl (C=O) groups excluding carboxylic acids is 3. The molecule has 0 spiro atoms. The van der Waals surface area contributed by atoms with Crippen molar-refractivity contribution in [2.24, 2.45) is 0 Å². The van der Waals surface area contributed by atoms with Gasteiger partial charge in [-0.25, -0.2) is 14.4 Å². The highest BCUT2D eigenvalue weighted by Gasteiger charge is 2.22. The van der Waals surface area contributed by atoms with E-state index in [2.05, 4.69) is 10.1 Å². The minimum atomic E-state index is -0.893. The Balaban J connectivity index is 2.51. The van der Waals surface area contributed by atoms with Crippen LogP contribution in [0.4, 0.5) is 4.79 Å². The van der Waals surface area contributed by atoms with Crippen molar-refractivity contribution >= 4 is 29.8 Å². The first-order valence-corrected chi connectivity index (χ1v) is 8.61. The third-order valence-electron chi connectivity index (χ3n) is 2.84. The Hall–Kier alpha value is -2.48. The summed E-state index contributed by atoms with van der Waals surface area (Å²) in [7, 11) is 1.27. The highest BCUT2D eigenvalue weighted by molar-refractivity contribution is 8.02. The van der Waals surface area contributed by atoms with Crippen molar-refractivity contribution < 1.29 is 28.6 Å². The van der Waals surface area contributed by atoms with Crippen LogP contribution < -0.4 is 5.32 Å². The summed E-state index contributed by atoms with van der Waals surface area (Å²) in [5.41, 5.74) is 0.834. The van der Waals surface area contributed by atoms with E-state index in [9.17, 15) is 14.4 Å². The second kappa shape index (κ2) is 12.0. The van der Waals surface area contributed by atoms with Gasteiger partial charge in [0.2, 0.25) is 0 Å². The summed E-state index contributed by atoms with van der Waals surface area (Å²) in [6, 6.07) is 8.28. The van der Waals surface area contributed by atoms with Crippen LogP contribution in [0.25, 0.3) is 0 Å². The maximum atomic E-state index is 11.9. The largest absolute Gasteiger partial charge is 0.466 e. The molecule has 25 heavy (non-hydrogen) atoms. The predicted octanol–water partition coefficient (Wildman–Crippen LogP) is 2.26. The molecule has 0 saturated heterocycles. The van der Waals surface area contributed by atoms with E-state index in [1.807, 2.05) is 30.3 Å². The normalized spacial score (nSPS) is 11.6. The number of nitrogens with one attached hydrogen (secondary N) is 1. The molecular formula is C17H21NO6S. The first-order chi connectivity index (χ1) is 12.1. The Bertz CT molecular complexity index is 590. The molecule has 0 heterocycles. The Morgan fingerprint density at radius 2 is 1.92 bits per heavy atom. The second-order valence-electron chi connectivity index (χ2n) is 4.67. The van der Waals surface area contributed by atoms with Gasteiger partial charge in [0.25, 0.3) is 0 Å². The lowest BCUT2D eigenvalue weighted by Gasteiger charge is -2.16. The van der Waals surface area contributed by atoms with Crippen LogP contribution in [0.15, 0.2) is 41.8 Å². The van der Waals surface area contributed by atoms with E-state index in [1.165, 1.54) is 18.6 Å². The van der Waals surface area contributed by atoms with E-state index in [1.54, 1.807) is 6.92 Å². The highest BCUT2D eigenvalue weighted by atomic mass is 32.2. The van der Waals surface area contributed by atoms with Gasteiger partial charge in [0, 0.05) is 11.8 Å². The highest BCUT2D eigenvalue weighted by Crippen LogP contribution is 2.08. The van der Waals surface area contributed by atoms with Gasteiger partial charge in [0.1, 0.15) is 12.6 Å². The number of alkyl carbamates (subject to hydrolysis) is 1. The van der Waals surface area contributed by atoms with Crippen LogP contribution in [0.3, 0.4) is 0 Å². The minimum Gasteiger partial charge on any atom is -0.466 e. The van der Waals surface area contributed by atoms with Crippen molar-refractivity contribution in [2.45, 2.75) is 19.6 Å². The Morgan fingerprint density at radius 3 is 2.56 bits per heavy atom. The van der Waals surface area contributed by atoms with Crippen molar-refractivity contribution in [1.82, 2.24) is 5.32 Å². The number of carbonyl (C=O) groups is 3. The molecule has 0 aliphatic carbocycles. The summed E-state index contributed by atoms with van der Waals surface area (Å²) < 4.78 is 14.5. The van der Waals surface area contributed by atoms with Gasteiger partial charge in [-0.15, -0.1) is 11.8 Å². The molecule has 1 aromatic carbocycles. The smallest absolute Gasteiger partial charge is 0.408 e. The van der Waals surface area contributed by atoms with E-state index < -0.39 is 24.1 Å². The molecule has 7 nitrogen and oxygen atoms in total. The molecule has 0 bridgehead atoms.